The summed E-state index contributed by atoms with van der Waals surface area (Å²) in [5, 5.41) is 17.9. The zero-order chi connectivity index (χ0) is 18.2. The summed E-state index contributed by atoms with van der Waals surface area (Å²) in [6.07, 6.45) is 0. The summed E-state index contributed by atoms with van der Waals surface area (Å²) in [6.45, 7) is 1.32. The molecular formula is C10H7BrClF3N4O4. The molecule has 0 aliphatic carbocycles. The van der Waals surface area contributed by atoms with Gasteiger partial charge >= 0.3 is 21.3 Å². The van der Waals surface area contributed by atoms with Crippen molar-refractivity contribution >= 4 is 50.4 Å². The molecular weight excluding hydrogens is 412 g/mol. The van der Waals surface area contributed by atoms with Crippen molar-refractivity contribution in [3.63, 3.8) is 0 Å². The third-order valence-corrected chi connectivity index (χ3v) is 3.72. The molecule has 1 rings (SSSR count). The molecule has 23 heavy (non-hydrogen) atoms. The minimum Gasteiger partial charge on any atom is -0.383 e. The van der Waals surface area contributed by atoms with Gasteiger partial charge in [-0.3, -0.25) is 20.2 Å². The topological polar surface area (TPSA) is 125 Å². The van der Waals surface area contributed by atoms with Crippen LogP contribution in [0.5, 0.6) is 0 Å². The highest BCUT2D eigenvalue weighted by Crippen LogP contribution is 2.44. The van der Waals surface area contributed by atoms with Crippen molar-refractivity contribution < 1.29 is 23.0 Å². The summed E-state index contributed by atoms with van der Waals surface area (Å²) in [5.74, 6) is -1.59. The highest BCUT2D eigenvalue weighted by atomic mass is 79.9. The van der Waals surface area contributed by atoms with E-state index in [9.17, 15) is 33.4 Å². The molecule has 1 aromatic rings. The van der Waals surface area contributed by atoms with E-state index in [1.807, 2.05) is 0 Å². The van der Waals surface area contributed by atoms with Gasteiger partial charge in [0.2, 0.25) is 5.69 Å². The number of halogens is 5. The summed E-state index contributed by atoms with van der Waals surface area (Å²) in [5.41, 5.74) is 2.34. The van der Waals surface area contributed by atoms with Gasteiger partial charge < -0.3 is 5.73 Å². The number of nitro groups is 2. The van der Waals surface area contributed by atoms with E-state index in [1.165, 1.54) is 6.92 Å². The maximum Gasteiger partial charge on any atom is 0.355 e. The van der Waals surface area contributed by atoms with Gasteiger partial charge in [-0.25, -0.2) is 9.38 Å². The SMILES string of the molecule is Cc1cc([N+](=O)[O-])c(N=C(N)C(F)(Cl)C(F)(F)Br)c([N+](=O)[O-])c1. The maximum atomic E-state index is 13.8. The second-order valence-electron chi connectivity index (χ2n) is 4.24. The zero-order valence-electron chi connectivity index (χ0n) is 11.1. The van der Waals surface area contributed by atoms with Crippen molar-refractivity contribution in [2.75, 3.05) is 0 Å². The number of nitro benzene ring substituents is 2. The van der Waals surface area contributed by atoms with E-state index >= 15 is 0 Å². The van der Waals surface area contributed by atoms with Crippen LogP contribution in [-0.2, 0) is 0 Å². The van der Waals surface area contributed by atoms with Crippen LogP contribution in [-0.4, -0.2) is 25.6 Å². The van der Waals surface area contributed by atoms with E-state index in [2.05, 4.69) is 4.99 Å². The lowest BCUT2D eigenvalue weighted by Gasteiger charge is -2.22. The number of aryl methyl sites for hydroxylation is 1. The molecule has 0 amide bonds. The Morgan fingerprint density at radius 1 is 1.26 bits per heavy atom. The molecule has 0 radical (unpaired) electrons. The van der Waals surface area contributed by atoms with E-state index in [-0.39, 0.29) is 5.56 Å². The Morgan fingerprint density at radius 3 is 1.96 bits per heavy atom. The monoisotopic (exact) mass is 418 g/mol. The normalized spacial score (nSPS) is 15.1. The Balaban J connectivity index is 3.68. The summed E-state index contributed by atoms with van der Waals surface area (Å²) in [6, 6.07) is 1.78. The van der Waals surface area contributed by atoms with Crippen LogP contribution < -0.4 is 5.73 Å². The van der Waals surface area contributed by atoms with E-state index in [4.69, 9.17) is 17.3 Å². The predicted molar refractivity (Wildman–Crippen MR) is 79.3 cm³/mol. The van der Waals surface area contributed by atoms with E-state index in [1.54, 1.807) is 15.9 Å². The Labute approximate surface area is 139 Å². The molecule has 0 saturated carbocycles. The van der Waals surface area contributed by atoms with Crippen LogP contribution in [0.25, 0.3) is 0 Å². The summed E-state index contributed by atoms with van der Waals surface area (Å²) in [4.78, 5) is 18.5. The van der Waals surface area contributed by atoms with E-state index in [0.717, 1.165) is 12.1 Å². The van der Waals surface area contributed by atoms with Crippen LogP contribution >= 0.6 is 27.5 Å². The van der Waals surface area contributed by atoms with Crippen LogP contribution in [0.3, 0.4) is 0 Å². The zero-order valence-corrected chi connectivity index (χ0v) is 13.4. The maximum absolute atomic E-state index is 13.8. The molecule has 0 aliphatic rings. The third-order valence-electron chi connectivity index (χ3n) is 2.52. The largest absolute Gasteiger partial charge is 0.383 e. The van der Waals surface area contributed by atoms with Gasteiger partial charge in [0.25, 0.3) is 0 Å². The lowest BCUT2D eigenvalue weighted by molar-refractivity contribution is -0.392. The van der Waals surface area contributed by atoms with Gasteiger partial charge in [-0.05, 0) is 28.4 Å². The second-order valence-corrected chi connectivity index (χ2v) is 5.75. The molecule has 1 unspecified atom stereocenters. The Bertz CT molecular complexity index is 673. The van der Waals surface area contributed by atoms with Gasteiger partial charge in [0.1, 0.15) is 0 Å². The first-order chi connectivity index (χ1) is 10.3. The summed E-state index contributed by atoms with van der Waals surface area (Å²) < 4.78 is 39.8. The average Bonchev–Trinajstić information content (AvgIpc) is 2.38. The van der Waals surface area contributed by atoms with Gasteiger partial charge in [0.15, 0.2) is 5.84 Å². The molecule has 0 fully saturated rings. The average molecular weight is 420 g/mol. The smallest absolute Gasteiger partial charge is 0.355 e. The predicted octanol–water partition coefficient (Wildman–Crippen LogP) is 3.69. The van der Waals surface area contributed by atoms with Crippen LogP contribution in [0.2, 0.25) is 0 Å². The summed E-state index contributed by atoms with van der Waals surface area (Å²) >= 11 is 6.60. The first-order valence-corrected chi connectivity index (χ1v) is 6.68. The first-order valence-electron chi connectivity index (χ1n) is 5.51. The number of amidine groups is 1. The fourth-order valence-electron chi connectivity index (χ4n) is 1.47. The van der Waals surface area contributed by atoms with E-state index in [0.29, 0.717) is 0 Å². The number of nitrogens with zero attached hydrogens (tertiary/aromatic N) is 3. The molecule has 0 saturated heterocycles. The second kappa shape index (κ2) is 6.28. The highest BCUT2D eigenvalue weighted by molar-refractivity contribution is 9.10. The molecule has 8 nitrogen and oxygen atoms in total. The summed E-state index contributed by atoms with van der Waals surface area (Å²) in [7, 11) is 0. The van der Waals surface area contributed by atoms with Crippen LogP contribution in [0, 0.1) is 27.2 Å². The molecule has 126 valence electrons. The molecule has 1 aromatic carbocycles. The molecule has 2 N–H and O–H groups in total. The van der Waals surface area contributed by atoms with Crippen LogP contribution in [0.4, 0.5) is 30.2 Å². The highest BCUT2D eigenvalue weighted by Gasteiger charge is 2.55. The molecule has 13 heteroatoms. The minimum atomic E-state index is -4.37. The lowest BCUT2D eigenvalue weighted by atomic mass is 10.1. The van der Waals surface area contributed by atoms with Crippen molar-refractivity contribution in [2.24, 2.45) is 10.7 Å². The number of benzene rings is 1. The number of rotatable bonds is 5. The fourth-order valence-corrected chi connectivity index (χ4v) is 1.72. The number of nitrogens with two attached hydrogens (primary N) is 1. The lowest BCUT2D eigenvalue weighted by Crippen LogP contribution is -2.46. The van der Waals surface area contributed by atoms with Crippen LogP contribution in [0.15, 0.2) is 17.1 Å². The number of hydrogen-bond donors (Lipinski definition) is 1. The molecule has 0 heterocycles. The van der Waals surface area contributed by atoms with Crippen molar-refractivity contribution in [3.05, 3.63) is 37.9 Å². The Morgan fingerprint density at radius 2 is 1.65 bits per heavy atom. The number of aliphatic imine (C=N–C) groups is 1. The quantitative estimate of drug-likeness (QED) is 0.256. The third kappa shape index (κ3) is 3.88. The number of alkyl halides is 5. The molecule has 0 aromatic heterocycles. The van der Waals surface area contributed by atoms with Gasteiger partial charge in [-0.2, -0.15) is 8.78 Å². The Hall–Kier alpha value is -1.95. The molecule has 0 bridgehead atoms. The van der Waals surface area contributed by atoms with Crippen molar-refractivity contribution in [1.29, 1.82) is 0 Å². The first kappa shape index (κ1) is 19.1. The number of hydrogen-bond acceptors (Lipinski definition) is 5. The van der Waals surface area contributed by atoms with Crippen molar-refractivity contribution in [2.45, 2.75) is 16.9 Å². The van der Waals surface area contributed by atoms with E-state index < -0.39 is 42.7 Å². The molecule has 1 atom stereocenters. The molecule has 0 aliphatic heterocycles. The minimum absolute atomic E-state index is 0.129. The molecule has 0 spiro atoms. The van der Waals surface area contributed by atoms with Gasteiger partial charge in [0, 0.05) is 12.1 Å². The van der Waals surface area contributed by atoms with Crippen molar-refractivity contribution in [1.82, 2.24) is 0 Å². The van der Waals surface area contributed by atoms with Gasteiger partial charge in [0.05, 0.1) is 9.85 Å². The fraction of sp³-hybridized carbons (Fsp3) is 0.300. The van der Waals surface area contributed by atoms with Gasteiger partial charge in [-0.15, -0.1) is 0 Å². The van der Waals surface area contributed by atoms with Crippen molar-refractivity contribution in [3.8, 4) is 0 Å². The standard InChI is InChI=1S/C10H7BrClF3N4O4/c1-4-2-5(18(20)21)7(6(3-4)19(22)23)17-8(16)9(12,13)10(11,14)15/h2-3H,1H3,(H2,16,17). The Kier molecular flexibility index (Phi) is 5.21. The van der Waals surface area contributed by atoms with Gasteiger partial charge in [-0.1, -0.05) is 11.6 Å². The van der Waals surface area contributed by atoms with Crippen LogP contribution in [0.1, 0.15) is 5.56 Å².